The second kappa shape index (κ2) is 12.4. The molecule has 2 aromatic carbocycles. The van der Waals surface area contributed by atoms with Gasteiger partial charge >= 0.3 is 0 Å². The normalized spacial score (nSPS) is 14.1. The van der Waals surface area contributed by atoms with Crippen LogP contribution in [0, 0.1) is 12.7 Å². The number of halogens is 2. The first-order valence-electron chi connectivity index (χ1n) is 13.4. The van der Waals surface area contributed by atoms with Gasteiger partial charge in [0.1, 0.15) is 21.6 Å². The van der Waals surface area contributed by atoms with E-state index in [4.69, 9.17) is 11.6 Å². The van der Waals surface area contributed by atoms with Crippen LogP contribution in [0.5, 0.6) is 0 Å². The van der Waals surface area contributed by atoms with Crippen LogP contribution < -0.4 is 10.9 Å². The highest BCUT2D eigenvalue weighted by Gasteiger charge is 2.22. The largest absolute Gasteiger partial charge is 0.385 e. The van der Waals surface area contributed by atoms with Gasteiger partial charge in [-0.15, -0.1) is 11.3 Å². The zero-order chi connectivity index (χ0) is 29.1. The Hall–Kier alpha value is -3.12. The van der Waals surface area contributed by atoms with Crippen molar-refractivity contribution in [1.29, 1.82) is 0 Å². The zero-order valence-corrected chi connectivity index (χ0v) is 24.9. The molecular weight excluding hydrogens is 587 g/mol. The molecule has 2 aromatic heterocycles. The molecule has 3 heterocycles. The number of fused-ring (bicyclic) bond motifs is 1. The fraction of sp³-hybridized carbons (Fsp3) is 0.345. The molecule has 1 saturated heterocycles. The summed E-state index contributed by atoms with van der Waals surface area (Å²) < 4.78 is 41.7. The Morgan fingerprint density at radius 3 is 2.61 bits per heavy atom. The molecule has 0 unspecified atom stereocenters. The summed E-state index contributed by atoms with van der Waals surface area (Å²) in [7, 11) is -3.84. The molecule has 12 heteroatoms. The minimum absolute atomic E-state index is 0.00284. The van der Waals surface area contributed by atoms with Gasteiger partial charge in [-0.2, -0.15) is 0 Å². The number of thiophene rings is 1. The lowest BCUT2D eigenvalue weighted by molar-refractivity contribution is -0.116. The van der Waals surface area contributed by atoms with Crippen molar-refractivity contribution >= 4 is 55.1 Å². The zero-order valence-electron chi connectivity index (χ0n) is 22.5. The second-order valence-electron chi connectivity index (χ2n) is 10.2. The van der Waals surface area contributed by atoms with Crippen LogP contribution >= 0.6 is 22.9 Å². The van der Waals surface area contributed by atoms with Crippen molar-refractivity contribution in [3.8, 4) is 5.69 Å². The molecule has 1 aliphatic heterocycles. The number of ketones is 1. The van der Waals surface area contributed by atoms with Gasteiger partial charge in [-0.25, -0.2) is 17.8 Å². The van der Waals surface area contributed by atoms with Crippen molar-refractivity contribution in [1.82, 2.24) is 14.5 Å². The highest BCUT2D eigenvalue weighted by Crippen LogP contribution is 2.27. The lowest BCUT2D eigenvalue weighted by Gasteiger charge is -2.15. The Morgan fingerprint density at radius 2 is 1.90 bits per heavy atom. The molecule has 1 N–H and O–H groups in total. The summed E-state index contributed by atoms with van der Waals surface area (Å²) in [6.07, 6.45) is 3.29. The average molecular weight is 617 g/mol. The number of aromatic nitrogens is 2. The molecule has 41 heavy (non-hydrogen) atoms. The van der Waals surface area contributed by atoms with Crippen LogP contribution in [-0.4, -0.2) is 60.6 Å². The topological polar surface area (TPSA) is 101 Å². The molecule has 8 nitrogen and oxygen atoms in total. The highest BCUT2D eigenvalue weighted by molar-refractivity contribution is 7.94. The van der Waals surface area contributed by atoms with E-state index in [0.29, 0.717) is 26.6 Å². The molecule has 0 saturated carbocycles. The lowest BCUT2D eigenvalue weighted by atomic mass is 10.1. The van der Waals surface area contributed by atoms with Gasteiger partial charge in [0.2, 0.25) is 0 Å². The van der Waals surface area contributed by atoms with Crippen LogP contribution in [-0.2, 0) is 21.1 Å². The highest BCUT2D eigenvalue weighted by atomic mass is 35.5. The van der Waals surface area contributed by atoms with Crippen LogP contribution in [0.1, 0.15) is 30.7 Å². The quantitative estimate of drug-likeness (QED) is 0.236. The molecule has 0 spiro atoms. The number of benzene rings is 2. The molecule has 1 fully saturated rings. The first-order chi connectivity index (χ1) is 19.6. The van der Waals surface area contributed by atoms with E-state index >= 15 is 4.39 Å². The number of carbonyl (C=O) groups excluding carboxylic acids is 1. The van der Waals surface area contributed by atoms with Crippen LogP contribution in [0.3, 0.4) is 0 Å². The van der Waals surface area contributed by atoms with E-state index in [-0.39, 0.29) is 16.3 Å². The first-order valence-corrected chi connectivity index (χ1v) is 16.2. The van der Waals surface area contributed by atoms with Gasteiger partial charge in [0.05, 0.1) is 20.9 Å². The Bertz CT molecular complexity index is 1760. The van der Waals surface area contributed by atoms with E-state index in [2.05, 4.69) is 15.2 Å². The van der Waals surface area contributed by atoms with Gasteiger partial charge < -0.3 is 10.2 Å². The minimum Gasteiger partial charge on any atom is -0.385 e. The number of rotatable bonds is 11. The van der Waals surface area contributed by atoms with Crippen LogP contribution in [0.4, 0.5) is 10.1 Å². The number of Topliss-reactive ketones (excluding diaryl/α,β-unsaturated/α-hetero) is 1. The van der Waals surface area contributed by atoms with Gasteiger partial charge in [-0.1, -0.05) is 17.7 Å². The SMILES string of the molecule is Cc1nc2cc(NCCCN3CCCC3)ccc2c(=O)n1-c1ccc(CC(=O)CS(=O)(=O)c2ccc(Cl)s2)cc1F. The average Bonchev–Trinajstić information content (AvgIpc) is 3.59. The molecule has 4 aromatic rings. The summed E-state index contributed by atoms with van der Waals surface area (Å²) in [5, 5.41) is 3.75. The van der Waals surface area contributed by atoms with Gasteiger partial charge in [-0.3, -0.25) is 14.2 Å². The number of nitrogens with one attached hydrogen (secondary N) is 1. The van der Waals surface area contributed by atoms with E-state index in [9.17, 15) is 18.0 Å². The van der Waals surface area contributed by atoms with Crippen molar-refractivity contribution in [2.24, 2.45) is 0 Å². The second-order valence-corrected chi connectivity index (χ2v) is 14.1. The maximum atomic E-state index is 15.3. The number of sulfone groups is 1. The summed E-state index contributed by atoms with van der Waals surface area (Å²) in [6, 6.07) is 12.2. The number of carbonyl (C=O) groups is 1. The van der Waals surface area contributed by atoms with Crippen molar-refractivity contribution in [3.63, 3.8) is 0 Å². The van der Waals surface area contributed by atoms with Crippen molar-refractivity contribution in [2.75, 3.05) is 37.2 Å². The smallest absolute Gasteiger partial charge is 0.266 e. The molecule has 0 bridgehead atoms. The number of likely N-dealkylation sites (tertiary alicyclic amines) is 1. The predicted molar refractivity (Wildman–Crippen MR) is 161 cm³/mol. The Kier molecular flexibility index (Phi) is 8.88. The Morgan fingerprint density at radius 1 is 1.12 bits per heavy atom. The fourth-order valence-electron chi connectivity index (χ4n) is 5.10. The molecule has 5 rings (SSSR count). The molecule has 216 valence electrons. The maximum absolute atomic E-state index is 15.3. The van der Waals surface area contributed by atoms with Crippen LogP contribution in [0.25, 0.3) is 16.6 Å². The molecular formula is C29H30ClFN4O4S2. The summed E-state index contributed by atoms with van der Waals surface area (Å²) in [5.41, 5.74) is 1.28. The summed E-state index contributed by atoms with van der Waals surface area (Å²) in [4.78, 5) is 32.9. The Labute approximate surface area is 246 Å². The summed E-state index contributed by atoms with van der Waals surface area (Å²) in [5.74, 6) is -1.69. The van der Waals surface area contributed by atoms with Gasteiger partial charge in [0.15, 0.2) is 15.6 Å². The van der Waals surface area contributed by atoms with E-state index in [1.807, 2.05) is 12.1 Å². The van der Waals surface area contributed by atoms with Gasteiger partial charge in [0.25, 0.3) is 5.56 Å². The van der Waals surface area contributed by atoms with Gasteiger partial charge in [0, 0.05) is 18.7 Å². The standard InChI is InChI=1S/C29H30ClFN4O4S2/c1-19-33-25-17-21(32-11-4-14-34-12-2-3-13-34)6-7-23(25)29(37)35(19)26-8-5-20(16-24(26)31)15-22(36)18-41(38,39)28-10-9-27(30)40-28/h5-10,16-17,32H,2-4,11-15,18H2,1H3. The third-order valence-electron chi connectivity index (χ3n) is 7.08. The fourth-order valence-corrected chi connectivity index (χ4v) is 7.91. The van der Waals surface area contributed by atoms with Crippen LogP contribution in [0.2, 0.25) is 4.34 Å². The molecule has 0 atom stereocenters. The van der Waals surface area contributed by atoms with E-state index in [0.717, 1.165) is 42.6 Å². The minimum atomic E-state index is -3.84. The van der Waals surface area contributed by atoms with Crippen molar-refractivity contribution in [2.45, 2.75) is 36.8 Å². The predicted octanol–water partition coefficient (Wildman–Crippen LogP) is 5.03. The molecule has 0 aliphatic carbocycles. The van der Waals surface area contributed by atoms with E-state index in [1.165, 1.54) is 54.8 Å². The van der Waals surface area contributed by atoms with E-state index in [1.54, 1.807) is 13.0 Å². The maximum Gasteiger partial charge on any atom is 0.266 e. The number of nitrogens with zero attached hydrogens (tertiary/aromatic N) is 3. The number of anilines is 1. The number of hydrogen-bond donors (Lipinski definition) is 1. The third-order valence-corrected chi connectivity index (χ3v) is 10.6. The van der Waals surface area contributed by atoms with Crippen molar-refractivity contribution in [3.05, 3.63) is 80.4 Å². The van der Waals surface area contributed by atoms with E-state index < -0.39 is 32.7 Å². The summed E-state index contributed by atoms with van der Waals surface area (Å²) in [6.45, 7) is 5.85. The lowest BCUT2D eigenvalue weighted by Crippen LogP contribution is -2.23. The monoisotopic (exact) mass is 616 g/mol. The molecule has 0 radical (unpaired) electrons. The van der Waals surface area contributed by atoms with Crippen LogP contribution in [0.15, 0.2) is 57.5 Å². The Balaban J connectivity index is 1.29. The van der Waals surface area contributed by atoms with Crippen molar-refractivity contribution < 1.29 is 17.6 Å². The van der Waals surface area contributed by atoms with Gasteiger partial charge in [-0.05, 0) is 93.8 Å². The number of aryl methyl sites for hydroxylation is 1. The molecule has 1 aliphatic rings. The third kappa shape index (κ3) is 6.86. The number of hydrogen-bond acceptors (Lipinski definition) is 8. The summed E-state index contributed by atoms with van der Waals surface area (Å²) >= 11 is 6.69. The first kappa shape index (κ1) is 29.4. The molecule has 0 amide bonds.